The van der Waals surface area contributed by atoms with E-state index in [0.29, 0.717) is 20.8 Å². The fourth-order valence-electron chi connectivity index (χ4n) is 1.02. The van der Waals surface area contributed by atoms with Gasteiger partial charge in [0.25, 0.3) is 0 Å². The van der Waals surface area contributed by atoms with Gasteiger partial charge in [-0.1, -0.05) is 58.7 Å². The maximum Gasteiger partial charge on any atom is 0.186 e. The molecule has 0 radical (unpaired) electrons. The Bertz CT molecular complexity index is 406. The number of carbonyl (C=O) groups excluding carboxylic acids is 1. The lowest BCUT2D eigenvalue weighted by atomic mass is 10.2. The Morgan fingerprint density at radius 2 is 1.88 bits per heavy atom. The molecule has 0 aromatic heterocycles. The fraction of sp³-hybridized carbons (Fsp3) is 0.182. The SMILES string of the molecule is CC(=O)SCC=Cc1cc(Cl)c(Cl)c(Cl)c1. The zero-order chi connectivity index (χ0) is 12.1. The van der Waals surface area contributed by atoms with Crippen molar-refractivity contribution in [3.63, 3.8) is 0 Å². The number of benzene rings is 1. The van der Waals surface area contributed by atoms with E-state index in [9.17, 15) is 4.79 Å². The Kier molecular flexibility index (Phi) is 5.70. The van der Waals surface area contributed by atoms with Crippen LogP contribution in [0.1, 0.15) is 12.5 Å². The Balaban J connectivity index is 2.71. The van der Waals surface area contributed by atoms with Crippen LogP contribution >= 0.6 is 46.6 Å². The highest BCUT2D eigenvalue weighted by molar-refractivity contribution is 8.13. The molecule has 0 fully saturated rings. The monoisotopic (exact) mass is 294 g/mol. The highest BCUT2D eigenvalue weighted by Gasteiger charge is 2.03. The van der Waals surface area contributed by atoms with E-state index in [1.807, 2.05) is 12.2 Å². The number of hydrogen-bond donors (Lipinski definition) is 0. The van der Waals surface area contributed by atoms with Crippen molar-refractivity contribution in [1.29, 1.82) is 0 Å². The fourth-order valence-corrected chi connectivity index (χ4v) is 2.06. The minimum absolute atomic E-state index is 0.0943. The van der Waals surface area contributed by atoms with Gasteiger partial charge in [-0.25, -0.2) is 0 Å². The summed E-state index contributed by atoms with van der Waals surface area (Å²) in [5.74, 6) is 0.632. The predicted molar refractivity (Wildman–Crippen MR) is 73.6 cm³/mol. The topological polar surface area (TPSA) is 17.1 Å². The van der Waals surface area contributed by atoms with Gasteiger partial charge < -0.3 is 0 Å². The summed E-state index contributed by atoms with van der Waals surface area (Å²) in [5.41, 5.74) is 0.864. The van der Waals surface area contributed by atoms with Gasteiger partial charge in [0.15, 0.2) is 5.12 Å². The number of carbonyl (C=O) groups is 1. The Morgan fingerprint density at radius 1 is 1.31 bits per heavy atom. The molecule has 0 heterocycles. The molecule has 0 amide bonds. The minimum atomic E-state index is 0.0943. The van der Waals surface area contributed by atoms with Gasteiger partial charge >= 0.3 is 0 Å². The highest BCUT2D eigenvalue weighted by atomic mass is 35.5. The number of thioether (sulfide) groups is 1. The average Bonchev–Trinajstić information content (AvgIpc) is 2.20. The second-order valence-electron chi connectivity index (χ2n) is 3.00. The van der Waals surface area contributed by atoms with Crippen LogP contribution in [0.3, 0.4) is 0 Å². The molecular weight excluding hydrogens is 287 g/mol. The van der Waals surface area contributed by atoms with Gasteiger partial charge in [-0.3, -0.25) is 4.79 Å². The van der Waals surface area contributed by atoms with Crippen LogP contribution in [-0.2, 0) is 4.79 Å². The van der Waals surface area contributed by atoms with E-state index in [1.54, 1.807) is 12.1 Å². The summed E-state index contributed by atoms with van der Waals surface area (Å²) in [6.45, 7) is 1.54. The molecule has 0 N–H and O–H groups in total. The van der Waals surface area contributed by atoms with Crippen molar-refractivity contribution in [2.45, 2.75) is 6.92 Å². The van der Waals surface area contributed by atoms with E-state index < -0.39 is 0 Å². The quantitative estimate of drug-likeness (QED) is 0.735. The molecule has 5 heteroatoms. The lowest BCUT2D eigenvalue weighted by Gasteiger charge is -2.01. The minimum Gasteiger partial charge on any atom is -0.288 e. The number of hydrogen-bond acceptors (Lipinski definition) is 2. The summed E-state index contributed by atoms with van der Waals surface area (Å²) >= 11 is 18.8. The maximum absolute atomic E-state index is 10.7. The standard InChI is InChI=1S/C11H9Cl3OS/c1-7(15)16-4-2-3-8-5-9(12)11(14)10(13)6-8/h2-3,5-6H,4H2,1H3. The average molecular weight is 296 g/mol. The summed E-state index contributed by atoms with van der Waals surface area (Å²) in [4.78, 5) is 10.7. The van der Waals surface area contributed by atoms with Crippen molar-refractivity contribution in [2.75, 3.05) is 5.75 Å². The van der Waals surface area contributed by atoms with Gasteiger partial charge in [0.2, 0.25) is 0 Å². The molecule has 1 aromatic carbocycles. The third kappa shape index (κ3) is 4.38. The number of halogens is 3. The van der Waals surface area contributed by atoms with Crippen molar-refractivity contribution < 1.29 is 4.79 Å². The first-order valence-corrected chi connectivity index (χ1v) is 6.57. The largest absolute Gasteiger partial charge is 0.288 e. The predicted octanol–water partition coefficient (Wildman–Crippen LogP) is 4.94. The first-order chi connectivity index (χ1) is 7.50. The molecule has 0 aliphatic heterocycles. The van der Waals surface area contributed by atoms with Gasteiger partial charge in [0.05, 0.1) is 15.1 Å². The summed E-state index contributed by atoms with van der Waals surface area (Å²) in [6.07, 6.45) is 3.73. The third-order valence-corrected chi connectivity index (χ3v) is 3.66. The van der Waals surface area contributed by atoms with Crippen LogP contribution in [0.4, 0.5) is 0 Å². The van der Waals surface area contributed by atoms with Crippen LogP contribution < -0.4 is 0 Å². The van der Waals surface area contributed by atoms with Crippen LogP contribution in [0, 0.1) is 0 Å². The summed E-state index contributed by atoms with van der Waals surface area (Å²) in [5, 5.41) is 1.30. The lowest BCUT2D eigenvalue weighted by molar-refractivity contribution is -0.109. The lowest BCUT2D eigenvalue weighted by Crippen LogP contribution is -1.82. The van der Waals surface area contributed by atoms with E-state index in [-0.39, 0.29) is 5.12 Å². The zero-order valence-electron chi connectivity index (χ0n) is 8.47. The van der Waals surface area contributed by atoms with E-state index in [2.05, 4.69) is 0 Å². The van der Waals surface area contributed by atoms with E-state index in [0.717, 1.165) is 5.56 Å². The maximum atomic E-state index is 10.7. The van der Waals surface area contributed by atoms with Crippen molar-refractivity contribution in [3.8, 4) is 0 Å². The van der Waals surface area contributed by atoms with Crippen LogP contribution in [0.5, 0.6) is 0 Å². The Hall–Kier alpha value is -0.150. The first-order valence-electron chi connectivity index (χ1n) is 4.45. The molecule has 0 saturated heterocycles. The summed E-state index contributed by atoms with van der Waals surface area (Å²) in [7, 11) is 0. The summed E-state index contributed by atoms with van der Waals surface area (Å²) in [6, 6.07) is 3.45. The molecule has 16 heavy (non-hydrogen) atoms. The van der Waals surface area contributed by atoms with Crippen LogP contribution in [-0.4, -0.2) is 10.9 Å². The van der Waals surface area contributed by atoms with Gasteiger partial charge in [-0.2, -0.15) is 0 Å². The molecular formula is C11H9Cl3OS. The first kappa shape index (κ1) is 13.9. The van der Waals surface area contributed by atoms with Crippen LogP contribution in [0.15, 0.2) is 18.2 Å². The molecule has 1 aromatic rings. The Labute approximate surface area is 114 Å². The highest BCUT2D eigenvalue weighted by Crippen LogP contribution is 2.31. The van der Waals surface area contributed by atoms with Gasteiger partial charge in [-0.05, 0) is 17.7 Å². The van der Waals surface area contributed by atoms with E-state index in [4.69, 9.17) is 34.8 Å². The normalized spacial score (nSPS) is 11.0. The molecule has 1 nitrogen and oxygen atoms in total. The zero-order valence-corrected chi connectivity index (χ0v) is 11.6. The van der Waals surface area contributed by atoms with Gasteiger partial charge in [0, 0.05) is 12.7 Å². The molecule has 0 atom stereocenters. The van der Waals surface area contributed by atoms with E-state index >= 15 is 0 Å². The van der Waals surface area contributed by atoms with Crippen LogP contribution in [0.25, 0.3) is 6.08 Å². The van der Waals surface area contributed by atoms with Gasteiger partial charge in [-0.15, -0.1) is 0 Å². The second-order valence-corrected chi connectivity index (χ2v) is 5.39. The van der Waals surface area contributed by atoms with Gasteiger partial charge in [0.1, 0.15) is 0 Å². The van der Waals surface area contributed by atoms with Crippen molar-refractivity contribution in [1.82, 2.24) is 0 Å². The Morgan fingerprint density at radius 3 is 2.38 bits per heavy atom. The van der Waals surface area contributed by atoms with Crippen molar-refractivity contribution in [2.24, 2.45) is 0 Å². The van der Waals surface area contributed by atoms with Crippen molar-refractivity contribution >= 4 is 57.8 Å². The van der Waals surface area contributed by atoms with Crippen molar-refractivity contribution in [3.05, 3.63) is 38.8 Å². The molecule has 0 unspecified atom stereocenters. The third-order valence-electron chi connectivity index (χ3n) is 1.70. The molecule has 1 rings (SSSR count). The van der Waals surface area contributed by atoms with Crippen LogP contribution in [0.2, 0.25) is 15.1 Å². The molecule has 0 spiro atoms. The molecule has 86 valence electrons. The second kappa shape index (κ2) is 6.55. The summed E-state index contributed by atoms with van der Waals surface area (Å²) < 4.78 is 0. The smallest absolute Gasteiger partial charge is 0.186 e. The number of rotatable bonds is 3. The molecule has 0 saturated carbocycles. The van der Waals surface area contributed by atoms with E-state index in [1.165, 1.54) is 18.7 Å². The molecule has 0 aliphatic rings. The molecule has 0 aliphatic carbocycles. The molecule has 0 bridgehead atoms.